The van der Waals surface area contributed by atoms with Crippen LogP contribution in [0.1, 0.15) is 18.4 Å². The van der Waals surface area contributed by atoms with E-state index in [4.69, 9.17) is 4.74 Å². The first-order chi connectivity index (χ1) is 11.5. The molecule has 1 aromatic rings. The highest BCUT2D eigenvalue weighted by Gasteiger charge is 2.26. The van der Waals surface area contributed by atoms with E-state index in [1.165, 1.54) is 4.31 Å². The van der Waals surface area contributed by atoms with E-state index in [0.717, 1.165) is 18.4 Å². The summed E-state index contributed by atoms with van der Waals surface area (Å²) in [4.78, 5) is 12.0. The van der Waals surface area contributed by atoms with Crippen LogP contribution in [0.4, 0.5) is 0 Å². The molecule has 1 heterocycles. The van der Waals surface area contributed by atoms with E-state index in [1.807, 2.05) is 0 Å². The third-order valence-electron chi connectivity index (χ3n) is 3.88. The maximum absolute atomic E-state index is 12.4. The number of hydrogen-bond acceptors (Lipinski definition) is 5. The number of nitrogens with one attached hydrogen (secondary N) is 2. The fourth-order valence-corrected chi connectivity index (χ4v) is 4.01. The molecule has 0 spiro atoms. The number of benzene rings is 1. The van der Waals surface area contributed by atoms with Crippen LogP contribution in [0.15, 0.2) is 29.2 Å². The Bertz CT molecular complexity index is 625. The minimum atomic E-state index is -3.38. The van der Waals surface area contributed by atoms with Gasteiger partial charge in [0.15, 0.2) is 0 Å². The highest BCUT2D eigenvalue weighted by Crippen LogP contribution is 2.20. The lowest BCUT2D eigenvalue weighted by atomic mass is 10.2. The zero-order valence-corrected chi connectivity index (χ0v) is 14.8. The highest BCUT2D eigenvalue weighted by molar-refractivity contribution is 7.89. The van der Waals surface area contributed by atoms with Gasteiger partial charge in [-0.1, -0.05) is 12.1 Å². The molecule has 1 aliphatic heterocycles. The van der Waals surface area contributed by atoms with E-state index < -0.39 is 10.0 Å². The number of hydrogen-bond donors (Lipinski definition) is 2. The highest BCUT2D eigenvalue weighted by atomic mass is 32.2. The average Bonchev–Trinajstić information content (AvgIpc) is 3.13. The van der Waals surface area contributed by atoms with Crippen LogP contribution in [0.2, 0.25) is 0 Å². The smallest absolute Gasteiger partial charge is 0.243 e. The van der Waals surface area contributed by atoms with E-state index in [2.05, 4.69) is 10.6 Å². The molecule has 2 rings (SSSR count). The Morgan fingerprint density at radius 1 is 1.21 bits per heavy atom. The summed E-state index contributed by atoms with van der Waals surface area (Å²) in [5.74, 6) is -0.111. The van der Waals surface area contributed by atoms with Crippen molar-refractivity contribution in [1.82, 2.24) is 14.9 Å². The Morgan fingerprint density at radius 2 is 1.88 bits per heavy atom. The quantitative estimate of drug-likeness (QED) is 0.623. The first-order valence-corrected chi connectivity index (χ1v) is 9.53. The van der Waals surface area contributed by atoms with Gasteiger partial charge in [-0.05, 0) is 30.5 Å². The predicted molar refractivity (Wildman–Crippen MR) is 91.0 cm³/mol. The molecule has 0 aromatic heterocycles. The van der Waals surface area contributed by atoms with Crippen molar-refractivity contribution in [3.63, 3.8) is 0 Å². The Hall–Kier alpha value is -1.48. The summed E-state index contributed by atoms with van der Waals surface area (Å²) in [6.45, 7) is 2.96. The molecule has 8 heteroatoms. The fourth-order valence-electron chi connectivity index (χ4n) is 2.50. The Balaban J connectivity index is 1.82. The van der Waals surface area contributed by atoms with E-state index in [-0.39, 0.29) is 12.5 Å². The molecule has 0 aliphatic carbocycles. The molecular formula is C16H25N3O4S. The third kappa shape index (κ3) is 5.27. The maximum atomic E-state index is 12.4. The zero-order valence-electron chi connectivity index (χ0n) is 14.0. The van der Waals surface area contributed by atoms with Crippen molar-refractivity contribution in [2.75, 3.05) is 39.9 Å². The van der Waals surface area contributed by atoms with Crippen molar-refractivity contribution in [2.45, 2.75) is 24.3 Å². The summed E-state index contributed by atoms with van der Waals surface area (Å²) in [5.41, 5.74) is 0.862. The number of carbonyl (C=O) groups is 1. The van der Waals surface area contributed by atoms with Crippen LogP contribution in [0, 0.1) is 0 Å². The van der Waals surface area contributed by atoms with Crippen LogP contribution in [0.3, 0.4) is 0 Å². The summed E-state index contributed by atoms with van der Waals surface area (Å²) in [7, 11) is -1.77. The van der Waals surface area contributed by atoms with Crippen molar-refractivity contribution >= 4 is 15.9 Å². The van der Waals surface area contributed by atoms with Gasteiger partial charge in [0.1, 0.15) is 0 Å². The lowest BCUT2D eigenvalue weighted by Crippen LogP contribution is -2.34. The van der Waals surface area contributed by atoms with Gasteiger partial charge in [0, 0.05) is 33.3 Å². The molecule has 1 fully saturated rings. The molecule has 1 amide bonds. The van der Waals surface area contributed by atoms with Crippen LogP contribution in [0.5, 0.6) is 0 Å². The minimum absolute atomic E-state index is 0.111. The standard InChI is InChI=1S/C16H25N3O4S/c1-23-11-8-17-13-16(20)18-12-14-4-6-15(7-5-14)24(21,22)19-9-2-3-10-19/h4-7,17H,2-3,8-13H2,1H3,(H,18,20). The van der Waals surface area contributed by atoms with Crippen LogP contribution in [-0.2, 0) is 26.1 Å². The number of nitrogens with zero attached hydrogens (tertiary/aromatic N) is 1. The molecule has 0 atom stereocenters. The molecular weight excluding hydrogens is 330 g/mol. The van der Waals surface area contributed by atoms with E-state index >= 15 is 0 Å². The van der Waals surface area contributed by atoms with Crippen molar-refractivity contribution in [2.24, 2.45) is 0 Å². The summed E-state index contributed by atoms with van der Waals surface area (Å²) in [5, 5.41) is 5.75. The van der Waals surface area contributed by atoms with Crippen molar-refractivity contribution < 1.29 is 17.9 Å². The van der Waals surface area contributed by atoms with Crippen LogP contribution in [-0.4, -0.2) is 58.5 Å². The van der Waals surface area contributed by atoms with Crippen molar-refractivity contribution in [3.8, 4) is 0 Å². The van der Waals surface area contributed by atoms with Crippen LogP contribution < -0.4 is 10.6 Å². The Labute approximate surface area is 143 Å². The second-order valence-electron chi connectivity index (χ2n) is 5.70. The van der Waals surface area contributed by atoms with Crippen LogP contribution >= 0.6 is 0 Å². The van der Waals surface area contributed by atoms with Gasteiger partial charge in [0.05, 0.1) is 18.0 Å². The summed E-state index contributed by atoms with van der Waals surface area (Å²) in [6.07, 6.45) is 1.84. The molecule has 0 saturated carbocycles. The maximum Gasteiger partial charge on any atom is 0.243 e. The molecule has 0 radical (unpaired) electrons. The molecule has 1 saturated heterocycles. The molecule has 0 bridgehead atoms. The van der Waals surface area contributed by atoms with Gasteiger partial charge in [-0.2, -0.15) is 4.31 Å². The largest absolute Gasteiger partial charge is 0.383 e. The van der Waals surface area contributed by atoms with Gasteiger partial charge in [0.25, 0.3) is 0 Å². The van der Waals surface area contributed by atoms with Gasteiger partial charge >= 0.3 is 0 Å². The molecule has 1 aliphatic rings. The summed E-state index contributed by atoms with van der Waals surface area (Å²) in [6, 6.07) is 6.68. The number of methoxy groups -OCH3 is 1. The number of rotatable bonds is 9. The SMILES string of the molecule is COCCNCC(=O)NCc1ccc(S(=O)(=O)N2CCCC2)cc1. The van der Waals surface area contributed by atoms with E-state index in [1.54, 1.807) is 31.4 Å². The zero-order chi connectivity index (χ0) is 17.4. The van der Waals surface area contributed by atoms with E-state index in [9.17, 15) is 13.2 Å². The van der Waals surface area contributed by atoms with Gasteiger partial charge in [-0.15, -0.1) is 0 Å². The predicted octanol–water partition coefficient (Wildman–Crippen LogP) is 0.323. The van der Waals surface area contributed by atoms with Crippen molar-refractivity contribution in [1.29, 1.82) is 0 Å². The molecule has 2 N–H and O–H groups in total. The fraction of sp³-hybridized carbons (Fsp3) is 0.562. The van der Waals surface area contributed by atoms with Crippen molar-refractivity contribution in [3.05, 3.63) is 29.8 Å². The number of ether oxygens (including phenoxy) is 1. The summed E-state index contributed by atoms with van der Waals surface area (Å²) < 4.78 is 31.2. The Morgan fingerprint density at radius 3 is 2.50 bits per heavy atom. The summed E-state index contributed by atoms with van der Waals surface area (Å²) >= 11 is 0. The van der Waals surface area contributed by atoms with Crippen LogP contribution in [0.25, 0.3) is 0 Å². The molecule has 0 unspecified atom stereocenters. The molecule has 7 nitrogen and oxygen atoms in total. The first kappa shape index (κ1) is 18.9. The molecule has 1 aromatic carbocycles. The number of amides is 1. The number of sulfonamides is 1. The van der Waals surface area contributed by atoms with E-state index in [0.29, 0.717) is 37.7 Å². The molecule has 24 heavy (non-hydrogen) atoms. The molecule has 134 valence electrons. The van der Waals surface area contributed by atoms with Gasteiger partial charge < -0.3 is 15.4 Å². The van der Waals surface area contributed by atoms with Gasteiger partial charge in [-0.25, -0.2) is 8.42 Å². The van der Waals surface area contributed by atoms with Gasteiger partial charge in [0.2, 0.25) is 15.9 Å². The average molecular weight is 355 g/mol. The second-order valence-corrected chi connectivity index (χ2v) is 7.64. The first-order valence-electron chi connectivity index (χ1n) is 8.09. The van der Waals surface area contributed by atoms with Gasteiger partial charge in [-0.3, -0.25) is 4.79 Å². The monoisotopic (exact) mass is 355 g/mol. The lowest BCUT2D eigenvalue weighted by Gasteiger charge is -2.15. The lowest BCUT2D eigenvalue weighted by molar-refractivity contribution is -0.120. The Kier molecular flexibility index (Phi) is 7.16. The normalized spacial score (nSPS) is 15.5. The second kappa shape index (κ2) is 9.12. The third-order valence-corrected chi connectivity index (χ3v) is 5.80. The topological polar surface area (TPSA) is 87.7 Å². The number of carbonyl (C=O) groups excluding carboxylic acids is 1. The minimum Gasteiger partial charge on any atom is -0.383 e.